The molecule has 0 amide bonds. The molecule has 100 valence electrons. The maximum absolute atomic E-state index is 5.93. The van der Waals surface area contributed by atoms with E-state index < -0.39 is 0 Å². The molecule has 5 saturated heterocycles. The Labute approximate surface area is 104 Å². The molecule has 6 heteroatoms. The Hall–Kier alpha value is -0.240. The van der Waals surface area contributed by atoms with Gasteiger partial charge in [-0.2, -0.15) is 0 Å². The van der Waals surface area contributed by atoms with Crippen LogP contribution < -0.4 is 0 Å². The van der Waals surface area contributed by atoms with Crippen molar-refractivity contribution >= 4 is 0 Å². The van der Waals surface area contributed by atoms with Crippen molar-refractivity contribution in [2.45, 2.75) is 48.8 Å². The predicted octanol–water partition coefficient (Wildman–Crippen LogP) is -0.897. The number of fused-ring (bicyclic) bond motifs is 5. The number of hydrogen-bond acceptors (Lipinski definition) is 6. The Balaban J connectivity index is 1.26. The summed E-state index contributed by atoms with van der Waals surface area (Å²) in [5.41, 5.74) is 0. The summed E-state index contributed by atoms with van der Waals surface area (Å²) in [6.07, 6.45) is 1.07. The number of ether oxygens (including phenoxy) is 6. The van der Waals surface area contributed by atoms with Crippen LogP contribution in [-0.2, 0) is 28.4 Å². The van der Waals surface area contributed by atoms with Crippen LogP contribution in [-0.4, -0.2) is 75.3 Å². The van der Waals surface area contributed by atoms with Gasteiger partial charge >= 0.3 is 0 Å². The maximum Gasteiger partial charge on any atom is 0.116 e. The van der Waals surface area contributed by atoms with Crippen LogP contribution in [0, 0.1) is 0 Å². The van der Waals surface area contributed by atoms with Gasteiger partial charge in [0.25, 0.3) is 0 Å². The van der Waals surface area contributed by atoms with Gasteiger partial charge < -0.3 is 28.4 Å². The highest BCUT2D eigenvalue weighted by molar-refractivity contribution is 5.17. The lowest BCUT2D eigenvalue weighted by molar-refractivity contribution is -0.0776. The van der Waals surface area contributed by atoms with Crippen LogP contribution in [0.25, 0.3) is 0 Å². The van der Waals surface area contributed by atoms with E-state index in [0.717, 1.165) is 13.2 Å². The van der Waals surface area contributed by atoms with E-state index in [1.54, 1.807) is 0 Å². The molecule has 0 aromatic rings. The molecule has 2 bridgehead atoms. The third-order valence-corrected chi connectivity index (χ3v) is 4.25. The lowest BCUT2D eigenvalue weighted by Gasteiger charge is -2.25. The summed E-state index contributed by atoms with van der Waals surface area (Å²) in [6.45, 7) is 2.89. The summed E-state index contributed by atoms with van der Waals surface area (Å²) in [5.74, 6) is 0. The molecule has 0 N–H and O–H groups in total. The zero-order valence-corrected chi connectivity index (χ0v) is 9.90. The van der Waals surface area contributed by atoms with Crippen LogP contribution in [0.5, 0.6) is 0 Å². The molecule has 0 aromatic heterocycles. The Morgan fingerprint density at radius 3 is 1.61 bits per heavy atom. The van der Waals surface area contributed by atoms with Crippen molar-refractivity contribution in [3.05, 3.63) is 0 Å². The van der Waals surface area contributed by atoms with Gasteiger partial charge in [-0.1, -0.05) is 0 Å². The molecule has 8 unspecified atom stereocenters. The van der Waals surface area contributed by atoms with E-state index in [0.29, 0.717) is 13.2 Å². The topological polar surface area (TPSA) is 65.3 Å². The fourth-order valence-corrected chi connectivity index (χ4v) is 3.05. The molecule has 5 heterocycles. The minimum atomic E-state index is -0.0123. The number of rotatable bonds is 6. The third kappa shape index (κ3) is 1.64. The first-order valence-corrected chi connectivity index (χ1v) is 6.67. The second-order valence-electron chi connectivity index (χ2n) is 5.64. The second kappa shape index (κ2) is 3.65. The molecule has 8 atom stereocenters. The number of hydrogen-bond donors (Lipinski definition) is 0. The average Bonchev–Trinajstić information content (AvgIpc) is 3.25. The van der Waals surface area contributed by atoms with Crippen molar-refractivity contribution in [3.63, 3.8) is 0 Å². The van der Waals surface area contributed by atoms with Gasteiger partial charge in [0.1, 0.15) is 48.8 Å². The Morgan fingerprint density at radius 2 is 1.17 bits per heavy atom. The molecule has 5 fully saturated rings. The normalized spacial score (nSPS) is 58.7. The van der Waals surface area contributed by atoms with Crippen molar-refractivity contribution in [1.29, 1.82) is 0 Å². The summed E-state index contributed by atoms with van der Waals surface area (Å²) in [4.78, 5) is 0. The number of epoxide rings is 3. The average molecular weight is 256 g/mol. The molecule has 0 radical (unpaired) electrons. The van der Waals surface area contributed by atoms with Gasteiger partial charge in [0.05, 0.1) is 26.4 Å². The van der Waals surface area contributed by atoms with Crippen LogP contribution in [0.2, 0.25) is 0 Å². The summed E-state index contributed by atoms with van der Waals surface area (Å²) >= 11 is 0. The van der Waals surface area contributed by atoms with Crippen molar-refractivity contribution < 1.29 is 28.4 Å². The first kappa shape index (κ1) is 10.5. The van der Waals surface area contributed by atoms with E-state index in [-0.39, 0.29) is 48.8 Å². The molecule has 0 aliphatic carbocycles. The molecule has 0 saturated carbocycles. The quantitative estimate of drug-likeness (QED) is 0.574. The van der Waals surface area contributed by atoms with E-state index in [1.165, 1.54) is 0 Å². The molecule has 6 nitrogen and oxygen atoms in total. The molecule has 5 aliphatic heterocycles. The Kier molecular flexibility index (Phi) is 2.14. The van der Waals surface area contributed by atoms with E-state index in [4.69, 9.17) is 28.4 Å². The maximum atomic E-state index is 5.93. The van der Waals surface area contributed by atoms with Crippen LogP contribution in [0.1, 0.15) is 0 Å². The van der Waals surface area contributed by atoms with Gasteiger partial charge in [0, 0.05) is 0 Å². The first-order valence-electron chi connectivity index (χ1n) is 6.67. The monoisotopic (exact) mass is 256 g/mol. The van der Waals surface area contributed by atoms with Gasteiger partial charge in [0.2, 0.25) is 0 Å². The predicted molar refractivity (Wildman–Crippen MR) is 56.3 cm³/mol. The van der Waals surface area contributed by atoms with Crippen molar-refractivity contribution in [2.75, 3.05) is 26.4 Å². The highest BCUT2D eigenvalue weighted by Gasteiger charge is 2.70. The molecule has 18 heavy (non-hydrogen) atoms. The van der Waals surface area contributed by atoms with Crippen LogP contribution in [0.4, 0.5) is 0 Å². The van der Waals surface area contributed by atoms with E-state index in [1.807, 2.05) is 0 Å². The Bertz CT molecular complexity index is 322. The highest BCUT2D eigenvalue weighted by Crippen LogP contribution is 2.50. The first-order chi connectivity index (χ1) is 8.90. The van der Waals surface area contributed by atoms with Crippen LogP contribution in [0.15, 0.2) is 0 Å². The van der Waals surface area contributed by atoms with Crippen molar-refractivity contribution in [2.24, 2.45) is 0 Å². The van der Waals surface area contributed by atoms with E-state index >= 15 is 0 Å². The van der Waals surface area contributed by atoms with Gasteiger partial charge in [0.15, 0.2) is 0 Å². The molecule has 0 spiro atoms. The molecule has 0 aromatic carbocycles. The molecule has 5 aliphatic rings. The standard InChI is InChI=1S/C12H16O6/c1-5(13-1)3-15-7-8(16-4-6-2-14-6)10-12-11(18-12)9(7)17-10/h5-12H,1-4H2. The van der Waals surface area contributed by atoms with Gasteiger partial charge in [-0.05, 0) is 0 Å². The molecular weight excluding hydrogens is 240 g/mol. The van der Waals surface area contributed by atoms with Gasteiger partial charge in [-0.3, -0.25) is 0 Å². The lowest BCUT2D eigenvalue weighted by atomic mass is 9.94. The zero-order valence-electron chi connectivity index (χ0n) is 9.90. The summed E-state index contributed by atoms with van der Waals surface area (Å²) < 4.78 is 33.7. The van der Waals surface area contributed by atoms with Crippen molar-refractivity contribution in [3.8, 4) is 0 Å². The van der Waals surface area contributed by atoms with E-state index in [9.17, 15) is 0 Å². The lowest BCUT2D eigenvalue weighted by Crippen LogP contribution is -2.45. The third-order valence-electron chi connectivity index (χ3n) is 4.25. The molecule has 5 rings (SSSR count). The summed E-state index contributed by atoms with van der Waals surface area (Å²) in [5, 5.41) is 0. The minimum absolute atomic E-state index is 0.0123. The highest BCUT2D eigenvalue weighted by atomic mass is 16.7. The minimum Gasteiger partial charge on any atom is -0.371 e. The summed E-state index contributed by atoms with van der Waals surface area (Å²) in [6, 6.07) is 0. The SMILES string of the molecule is C1OC1COC1C(OCC2CO2)C2OC1C1OC21. The largest absolute Gasteiger partial charge is 0.371 e. The van der Waals surface area contributed by atoms with Crippen LogP contribution >= 0.6 is 0 Å². The van der Waals surface area contributed by atoms with Gasteiger partial charge in [-0.15, -0.1) is 0 Å². The summed E-state index contributed by atoms with van der Waals surface area (Å²) in [7, 11) is 0. The van der Waals surface area contributed by atoms with Gasteiger partial charge in [-0.25, -0.2) is 0 Å². The zero-order chi connectivity index (χ0) is 11.7. The fraction of sp³-hybridized carbons (Fsp3) is 1.00. The van der Waals surface area contributed by atoms with E-state index in [2.05, 4.69) is 0 Å². The Morgan fingerprint density at radius 1 is 0.722 bits per heavy atom. The second-order valence-corrected chi connectivity index (χ2v) is 5.64. The molecular formula is C12H16O6. The smallest absolute Gasteiger partial charge is 0.116 e. The fourth-order valence-electron chi connectivity index (χ4n) is 3.05. The van der Waals surface area contributed by atoms with Crippen molar-refractivity contribution in [1.82, 2.24) is 0 Å². The van der Waals surface area contributed by atoms with Crippen LogP contribution in [0.3, 0.4) is 0 Å².